The van der Waals surface area contributed by atoms with Crippen molar-refractivity contribution in [1.82, 2.24) is 10.4 Å². The normalized spacial score (nSPS) is 11.5. The molecule has 0 atom stereocenters. The van der Waals surface area contributed by atoms with E-state index in [2.05, 4.69) is 5.43 Å². The molecule has 4 nitrogen and oxygen atoms in total. The first-order valence-corrected chi connectivity index (χ1v) is 8.04. The topological polar surface area (TPSA) is 41.6 Å². The highest BCUT2D eigenvalue weighted by molar-refractivity contribution is 6.71. The van der Waals surface area contributed by atoms with Gasteiger partial charge in [-0.05, 0) is 19.6 Å². The quantitative estimate of drug-likeness (QED) is 0.561. The maximum Gasteiger partial charge on any atom is 0.408 e. The Hall–Kier alpha value is -0.553. The number of hydrogen-bond acceptors (Lipinski definition) is 3. The average Bonchev–Trinajstić information content (AvgIpc) is 1.96. The van der Waals surface area contributed by atoms with Crippen molar-refractivity contribution >= 4 is 14.4 Å². The van der Waals surface area contributed by atoms with E-state index in [-0.39, 0.29) is 6.09 Å². The van der Waals surface area contributed by atoms with E-state index >= 15 is 0 Å². The SMILES string of the molecule is CCN(CC)NC(=O)O[Si](C)(C)C. The van der Waals surface area contributed by atoms with Crippen molar-refractivity contribution in [2.24, 2.45) is 0 Å². The van der Waals surface area contributed by atoms with E-state index in [1.165, 1.54) is 0 Å². The maximum absolute atomic E-state index is 11.2. The summed E-state index contributed by atoms with van der Waals surface area (Å²) in [4.78, 5) is 11.2. The van der Waals surface area contributed by atoms with Gasteiger partial charge in [-0.1, -0.05) is 13.8 Å². The van der Waals surface area contributed by atoms with Gasteiger partial charge in [0.15, 0.2) is 0 Å². The van der Waals surface area contributed by atoms with Gasteiger partial charge >= 0.3 is 6.09 Å². The minimum atomic E-state index is -1.75. The summed E-state index contributed by atoms with van der Waals surface area (Å²) in [6.07, 6.45) is -0.331. The maximum atomic E-state index is 11.2. The number of nitrogens with zero attached hydrogens (tertiary/aromatic N) is 1. The Bertz CT molecular complexity index is 164. The van der Waals surface area contributed by atoms with Crippen LogP contribution in [0.3, 0.4) is 0 Å². The molecular weight excluding hydrogens is 184 g/mol. The zero-order valence-corrected chi connectivity index (χ0v) is 10.2. The van der Waals surface area contributed by atoms with Crippen LogP contribution in [0.15, 0.2) is 0 Å². The monoisotopic (exact) mass is 204 g/mol. The number of hydrazine groups is 1. The number of amides is 1. The molecule has 1 amide bonds. The van der Waals surface area contributed by atoms with Crippen molar-refractivity contribution in [3.05, 3.63) is 0 Å². The molecule has 0 heterocycles. The molecule has 0 rings (SSSR count). The molecule has 0 aromatic carbocycles. The average molecular weight is 204 g/mol. The molecule has 5 heteroatoms. The van der Waals surface area contributed by atoms with Crippen molar-refractivity contribution in [3.8, 4) is 0 Å². The van der Waals surface area contributed by atoms with Crippen LogP contribution in [-0.2, 0) is 4.43 Å². The van der Waals surface area contributed by atoms with Gasteiger partial charge in [0.2, 0.25) is 8.32 Å². The van der Waals surface area contributed by atoms with E-state index < -0.39 is 8.32 Å². The third kappa shape index (κ3) is 6.59. The molecule has 0 radical (unpaired) electrons. The van der Waals surface area contributed by atoms with Crippen LogP contribution in [0.4, 0.5) is 4.79 Å². The van der Waals surface area contributed by atoms with Crippen molar-refractivity contribution < 1.29 is 9.22 Å². The summed E-state index contributed by atoms with van der Waals surface area (Å²) in [6, 6.07) is 0. The molecular formula is C8H20N2O2Si. The molecule has 0 saturated heterocycles. The minimum Gasteiger partial charge on any atom is -0.503 e. The van der Waals surface area contributed by atoms with Crippen molar-refractivity contribution in [1.29, 1.82) is 0 Å². The van der Waals surface area contributed by atoms with Gasteiger partial charge in [-0.3, -0.25) is 5.43 Å². The fourth-order valence-corrected chi connectivity index (χ4v) is 1.41. The highest BCUT2D eigenvalue weighted by Crippen LogP contribution is 2.02. The van der Waals surface area contributed by atoms with Crippen LogP contribution in [-0.4, -0.2) is 32.5 Å². The van der Waals surface area contributed by atoms with E-state index in [1.807, 2.05) is 38.5 Å². The molecule has 0 unspecified atom stereocenters. The van der Waals surface area contributed by atoms with Gasteiger partial charge in [-0.25, -0.2) is 9.80 Å². The van der Waals surface area contributed by atoms with Crippen LogP contribution in [0.1, 0.15) is 13.8 Å². The lowest BCUT2D eigenvalue weighted by molar-refractivity contribution is 0.150. The second-order valence-electron chi connectivity index (χ2n) is 3.79. The van der Waals surface area contributed by atoms with Gasteiger partial charge < -0.3 is 4.43 Å². The smallest absolute Gasteiger partial charge is 0.408 e. The Kier molecular flexibility index (Phi) is 5.01. The predicted octanol–water partition coefficient (Wildman–Crippen LogP) is 1.80. The van der Waals surface area contributed by atoms with Gasteiger partial charge in [-0.15, -0.1) is 0 Å². The summed E-state index contributed by atoms with van der Waals surface area (Å²) in [5.41, 5.74) is 2.68. The number of carbonyl (C=O) groups excluding carboxylic acids is 1. The summed E-state index contributed by atoms with van der Waals surface area (Å²) < 4.78 is 5.22. The molecule has 0 aliphatic rings. The molecule has 0 aliphatic carbocycles. The zero-order chi connectivity index (χ0) is 10.5. The first kappa shape index (κ1) is 12.4. The van der Waals surface area contributed by atoms with Crippen molar-refractivity contribution in [3.63, 3.8) is 0 Å². The molecule has 78 valence electrons. The second-order valence-corrected chi connectivity index (χ2v) is 8.21. The first-order chi connectivity index (χ1) is 5.89. The number of rotatable bonds is 4. The molecule has 0 aromatic rings. The molecule has 13 heavy (non-hydrogen) atoms. The van der Waals surface area contributed by atoms with E-state index in [0.717, 1.165) is 13.1 Å². The fraction of sp³-hybridized carbons (Fsp3) is 0.875. The van der Waals surface area contributed by atoms with Gasteiger partial charge in [0, 0.05) is 13.1 Å². The van der Waals surface area contributed by atoms with Crippen LogP contribution in [0, 0.1) is 0 Å². The van der Waals surface area contributed by atoms with E-state index in [1.54, 1.807) is 0 Å². The Morgan fingerprint density at radius 1 is 1.31 bits per heavy atom. The van der Waals surface area contributed by atoms with Gasteiger partial charge in [-0.2, -0.15) is 0 Å². The third-order valence-electron chi connectivity index (χ3n) is 1.41. The van der Waals surface area contributed by atoms with Crippen LogP contribution < -0.4 is 5.43 Å². The fourth-order valence-electron chi connectivity index (χ4n) is 0.812. The Balaban J connectivity index is 3.86. The Morgan fingerprint density at radius 2 is 1.77 bits per heavy atom. The Labute approximate surface area is 81.4 Å². The predicted molar refractivity (Wildman–Crippen MR) is 55.9 cm³/mol. The van der Waals surface area contributed by atoms with E-state index in [4.69, 9.17) is 4.43 Å². The summed E-state index contributed by atoms with van der Waals surface area (Å²) in [7, 11) is -1.75. The standard InChI is InChI=1S/C8H20N2O2Si/c1-6-10(7-2)9-8(11)12-13(3,4)5/h6-7H2,1-5H3,(H,9,11). The summed E-state index contributed by atoms with van der Waals surface area (Å²) in [5, 5.41) is 1.81. The Morgan fingerprint density at radius 3 is 2.08 bits per heavy atom. The molecule has 0 saturated carbocycles. The highest BCUT2D eigenvalue weighted by Gasteiger charge is 2.20. The molecule has 0 aromatic heterocycles. The molecule has 0 aliphatic heterocycles. The third-order valence-corrected chi connectivity index (χ3v) is 2.21. The highest BCUT2D eigenvalue weighted by atomic mass is 28.4. The van der Waals surface area contributed by atoms with Gasteiger partial charge in [0.05, 0.1) is 0 Å². The van der Waals surface area contributed by atoms with Gasteiger partial charge in [0.1, 0.15) is 0 Å². The molecule has 0 fully saturated rings. The lowest BCUT2D eigenvalue weighted by Crippen LogP contribution is -2.45. The van der Waals surface area contributed by atoms with Gasteiger partial charge in [0.25, 0.3) is 0 Å². The summed E-state index contributed by atoms with van der Waals surface area (Å²) in [5.74, 6) is 0. The molecule has 0 bridgehead atoms. The summed E-state index contributed by atoms with van der Waals surface area (Å²) in [6.45, 7) is 11.5. The van der Waals surface area contributed by atoms with Crippen molar-refractivity contribution in [2.75, 3.05) is 13.1 Å². The van der Waals surface area contributed by atoms with Crippen LogP contribution >= 0.6 is 0 Å². The lowest BCUT2D eigenvalue weighted by Gasteiger charge is -2.23. The molecule has 0 spiro atoms. The van der Waals surface area contributed by atoms with Crippen molar-refractivity contribution in [2.45, 2.75) is 33.5 Å². The van der Waals surface area contributed by atoms with Crippen LogP contribution in [0.25, 0.3) is 0 Å². The van der Waals surface area contributed by atoms with Crippen LogP contribution in [0.2, 0.25) is 19.6 Å². The zero-order valence-electron chi connectivity index (χ0n) is 9.18. The number of carbonyl (C=O) groups is 1. The largest absolute Gasteiger partial charge is 0.503 e. The molecule has 1 N–H and O–H groups in total. The first-order valence-electron chi connectivity index (χ1n) is 4.63. The minimum absolute atomic E-state index is 0.331. The van der Waals surface area contributed by atoms with E-state index in [0.29, 0.717) is 0 Å². The number of nitrogens with one attached hydrogen (secondary N) is 1. The lowest BCUT2D eigenvalue weighted by atomic mass is 10.6. The second kappa shape index (κ2) is 5.24. The van der Waals surface area contributed by atoms with E-state index in [9.17, 15) is 4.79 Å². The van der Waals surface area contributed by atoms with Crippen LogP contribution in [0.5, 0.6) is 0 Å². The summed E-state index contributed by atoms with van der Waals surface area (Å²) >= 11 is 0. The number of hydrogen-bond donors (Lipinski definition) is 1.